The molecule has 0 atom stereocenters. The molecule has 0 saturated carbocycles. The van der Waals surface area contributed by atoms with Gasteiger partial charge in [-0.15, -0.1) is 0 Å². The van der Waals surface area contributed by atoms with Crippen LogP contribution in [0, 0.1) is 0 Å². The minimum Gasteiger partial charge on any atom is -0.309 e. The van der Waals surface area contributed by atoms with Crippen molar-refractivity contribution in [3.63, 3.8) is 0 Å². The second-order valence-electron chi connectivity index (χ2n) is 15.9. The normalized spacial score (nSPS) is 12.6. The van der Waals surface area contributed by atoms with E-state index in [9.17, 15) is 0 Å². The fourth-order valence-corrected chi connectivity index (χ4v) is 9.84. The van der Waals surface area contributed by atoms with Crippen molar-refractivity contribution >= 4 is 21.8 Å². The molecule has 9 aromatic carbocycles. The standard InChI is InChI=1S/C58H38N4/c1-5-18-39(19-6-1)40-32-34-43(35-33-40)58(50-29-15-13-26-46(50)47-27-14-16-30-51(47)58)44-36-37-52-49(38-44)54-48(28-17-31-53(54)62(52)45-24-11-4-12-25-45)57-60-55(41-20-7-2-8-21-41)59-56(61-57)42-22-9-3-10-23-42/h1-38H. The fourth-order valence-electron chi connectivity index (χ4n) is 9.84. The summed E-state index contributed by atoms with van der Waals surface area (Å²) in [5.74, 6) is 1.90. The quantitative estimate of drug-likeness (QED) is 0.161. The molecule has 0 unspecified atom stereocenters. The van der Waals surface area contributed by atoms with Crippen LogP contribution in [0.25, 0.3) is 83.9 Å². The highest BCUT2D eigenvalue weighted by Crippen LogP contribution is 2.57. The van der Waals surface area contributed by atoms with E-state index >= 15 is 0 Å². The molecule has 0 fully saturated rings. The van der Waals surface area contributed by atoms with Gasteiger partial charge in [0.1, 0.15) is 0 Å². The Labute approximate surface area is 360 Å². The van der Waals surface area contributed by atoms with Crippen LogP contribution in [0.3, 0.4) is 0 Å². The lowest BCUT2D eigenvalue weighted by atomic mass is 9.67. The van der Waals surface area contributed by atoms with E-state index < -0.39 is 5.41 Å². The van der Waals surface area contributed by atoms with Gasteiger partial charge in [0, 0.05) is 33.2 Å². The summed E-state index contributed by atoms with van der Waals surface area (Å²) in [7, 11) is 0. The number of hydrogen-bond donors (Lipinski definition) is 0. The highest BCUT2D eigenvalue weighted by Gasteiger charge is 2.46. The maximum Gasteiger partial charge on any atom is 0.164 e. The van der Waals surface area contributed by atoms with Crippen molar-refractivity contribution in [2.45, 2.75) is 5.41 Å². The molecule has 4 nitrogen and oxygen atoms in total. The van der Waals surface area contributed by atoms with E-state index in [-0.39, 0.29) is 0 Å². The van der Waals surface area contributed by atoms with E-state index in [0.29, 0.717) is 17.5 Å². The van der Waals surface area contributed by atoms with Crippen LogP contribution in [-0.2, 0) is 5.41 Å². The Morgan fingerprint density at radius 1 is 0.323 bits per heavy atom. The van der Waals surface area contributed by atoms with Crippen LogP contribution < -0.4 is 0 Å². The van der Waals surface area contributed by atoms with Gasteiger partial charge in [0.25, 0.3) is 0 Å². The third kappa shape index (κ3) is 5.58. The van der Waals surface area contributed by atoms with Gasteiger partial charge in [-0.25, -0.2) is 15.0 Å². The first-order valence-electron chi connectivity index (χ1n) is 21.1. The Morgan fingerprint density at radius 3 is 1.39 bits per heavy atom. The van der Waals surface area contributed by atoms with E-state index in [4.69, 9.17) is 15.0 Å². The van der Waals surface area contributed by atoms with Gasteiger partial charge >= 0.3 is 0 Å². The predicted octanol–water partition coefficient (Wildman–Crippen LogP) is 14.0. The van der Waals surface area contributed by atoms with Crippen molar-refractivity contribution in [3.8, 4) is 62.1 Å². The van der Waals surface area contributed by atoms with E-state index in [2.05, 4.69) is 199 Å². The Hall–Kier alpha value is -8.21. The van der Waals surface area contributed by atoms with Crippen LogP contribution in [0.1, 0.15) is 22.3 Å². The van der Waals surface area contributed by atoms with Gasteiger partial charge in [-0.05, 0) is 74.8 Å². The van der Waals surface area contributed by atoms with Crippen LogP contribution in [0.4, 0.5) is 0 Å². The highest BCUT2D eigenvalue weighted by molar-refractivity contribution is 6.15. The largest absolute Gasteiger partial charge is 0.309 e. The summed E-state index contributed by atoms with van der Waals surface area (Å²) in [6.07, 6.45) is 0. The lowest BCUT2D eigenvalue weighted by Crippen LogP contribution is -2.28. The van der Waals surface area contributed by atoms with E-state index in [0.717, 1.165) is 44.2 Å². The van der Waals surface area contributed by atoms with E-state index in [1.165, 1.54) is 44.5 Å². The smallest absolute Gasteiger partial charge is 0.164 e. The van der Waals surface area contributed by atoms with Crippen molar-refractivity contribution in [2.75, 3.05) is 0 Å². The molecule has 0 saturated heterocycles. The Morgan fingerprint density at radius 2 is 0.790 bits per heavy atom. The van der Waals surface area contributed by atoms with Gasteiger partial charge in [-0.3, -0.25) is 0 Å². The van der Waals surface area contributed by atoms with Gasteiger partial charge in [0.05, 0.1) is 16.4 Å². The van der Waals surface area contributed by atoms with Crippen LogP contribution >= 0.6 is 0 Å². The first-order valence-corrected chi connectivity index (χ1v) is 21.1. The SMILES string of the molecule is c1ccc(-c2ccc(C3(c4ccc5c(c4)c4c(-c6nc(-c7ccccc7)nc(-c7ccccc7)n6)cccc4n5-c4ccccc4)c4ccccc4-c4ccccc43)cc2)cc1. The third-order valence-electron chi connectivity index (χ3n) is 12.6. The van der Waals surface area contributed by atoms with Gasteiger partial charge < -0.3 is 4.57 Å². The highest BCUT2D eigenvalue weighted by atomic mass is 15.0. The van der Waals surface area contributed by atoms with Gasteiger partial charge in [-0.2, -0.15) is 0 Å². The van der Waals surface area contributed by atoms with Crippen molar-refractivity contribution in [2.24, 2.45) is 0 Å². The molecule has 11 aromatic rings. The summed E-state index contributed by atoms with van der Waals surface area (Å²) in [4.78, 5) is 15.6. The lowest BCUT2D eigenvalue weighted by Gasteiger charge is -2.34. The lowest BCUT2D eigenvalue weighted by molar-refractivity contribution is 0.770. The fraction of sp³-hybridized carbons (Fsp3) is 0.0172. The summed E-state index contributed by atoms with van der Waals surface area (Å²) >= 11 is 0. The van der Waals surface area contributed by atoms with E-state index in [1.807, 2.05) is 36.4 Å². The molecular weight excluding hydrogens is 753 g/mol. The first kappa shape index (κ1) is 35.7. The number of para-hydroxylation sites is 1. The van der Waals surface area contributed by atoms with E-state index in [1.54, 1.807) is 0 Å². The summed E-state index contributed by atoms with van der Waals surface area (Å²) in [5, 5.41) is 2.22. The zero-order valence-corrected chi connectivity index (χ0v) is 33.7. The molecule has 2 heterocycles. The molecule has 2 aromatic heterocycles. The molecule has 290 valence electrons. The predicted molar refractivity (Wildman–Crippen MR) is 253 cm³/mol. The molecule has 0 spiro atoms. The van der Waals surface area contributed by atoms with Gasteiger partial charge in [-0.1, -0.05) is 200 Å². The molecule has 0 N–H and O–H groups in total. The average Bonchev–Trinajstić information content (AvgIpc) is 3.86. The zero-order chi connectivity index (χ0) is 41.0. The molecule has 0 aliphatic heterocycles. The number of hydrogen-bond acceptors (Lipinski definition) is 3. The molecule has 0 radical (unpaired) electrons. The van der Waals surface area contributed by atoms with Crippen molar-refractivity contribution in [1.82, 2.24) is 19.5 Å². The van der Waals surface area contributed by atoms with Gasteiger partial charge in [0.2, 0.25) is 0 Å². The second kappa shape index (κ2) is 14.5. The van der Waals surface area contributed by atoms with Gasteiger partial charge in [0.15, 0.2) is 17.5 Å². The Kier molecular flexibility index (Phi) is 8.36. The third-order valence-corrected chi connectivity index (χ3v) is 12.6. The maximum absolute atomic E-state index is 5.26. The van der Waals surface area contributed by atoms with Crippen LogP contribution in [0.5, 0.6) is 0 Å². The molecule has 0 bridgehead atoms. The van der Waals surface area contributed by atoms with Crippen LogP contribution in [0.15, 0.2) is 231 Å². The Bertz CT molecular complexity index is 3330. The van der Waals surface area contributed by atoms with Crippen molar-refractivity contribution in [3.05, 3.63) is 253 Å². The first-order chi connectivity index (χ1) is 30.8. The van der Waals surface area contributed by atoms with Crippen LogP contribution in [0.2, 0.25) is 0 Å². The average molecular weight is 791 g/mol. The van der Waals surface area contributed by atoms with Crippen LogP contribution in [-0.4, -0.2) is 19.5 Å². The topological polar surface area (TPSA) is 43.6 Å². The number of nitrogens with zero attached hydrogens (tertiary/aromatic N) is 4. The molecular formula is C58H38N4. The molecule has 1 aliphatic rings. The maximum atomic E-state index is 5.26. The molecule has 0 amide bonds. The number of rotatable bonds is 7. The van der Waals surface area contributed by atoms with Crippen molar-refractivity contribution in [1.29, 1.82) is 0 Å². The summed E-state index contributed by atoms with van der Waals surface area (Å²) in [5.41, 5.74) is 15.4. The molecule has 12 rings (SSSR count). The molecule has 4 heteroatoms. The zero-order valence-electron chi connectivity index (χ0n) is 33.7. The number of fused-ring (bicyclic) bond motifs is 6. The number of aromatic nitrogens is 4. The molecule has 1 aliphatic carbocycles. The monoisotopic (exact) mass is 790 g/mol. The second-order valence-corrected chi connectivity index (χ2v) is 15.9. The Balaban J connectivity index is 1.17. The minimum absolute atomic E-state index is 0.596. The minimum atomic E-state index is -0.596. The van der Waals surface area contributed by atoms with Crippen molar-refractivity contribution < 1.29 is 0 Å². The number of benzene rings is 9. The summed E-state index contributed by atoms with van der Waals surface area (Å²) < 4.78 is 2.38. The summed E-state index contributed by atoms with van der Waals surface area (Å²) in [6, 6.07) is 82.5. The molecule has 62 heavy (non-hydrogen) atoms. The summed E-state index contributed by atoms with van der Waals surface area (Å²) in [6.45, 7) is 0.